The highest BCUT2D eigenvalue weighted by Crippen LogP contribution is 2.54. The zero-order chi connectivity index (χ0) is 20.4. The lowest BCUT2D eigenvalue weighted by Crippen LogP contribution is -2.45. The molecule has 0 saturated carbocycles. The maximum atomic E-state index is 13.3. The van der Waals surface area contributed by atoms with Crippen LogP contribution in [0.4, 0.5) is 0 Å². The van der Waals surface area contributed by atoms with Crippen molar-refractivity contribution < 1.29 is 32.4 Å². The lowest BCUT2D eigenvalue weighted by Gasteiger charge is -2.34. The van der Waals surface area contributed by atoms with Crippen LogP contribution in [0.5, 0.6) is 0 Å². The Hall–Kier alpha value is -1.94. The molecule has 2 fully saturated rings. The number of nitrogens with zero attached hydrogens (tertiary/aromatic N) is 2. The molecule has 2 bridgehead atoms. The van der Waals surface area contributed by atoms with Crippen molar-refractivity contribution in [1.82, 2.24) is 9.46 Å². The Kier molecular flexibility index (Phi) is 6.31. The monoisotopic (exact) mass is 402 g/mol. The van der Waals surface area contributed by atoms with Crippen LogP contribution >= 0.6 is 0 Å². The first-order chi connectivity index (χ1) is 12.7. The molecule has 3 heterocycles. The van der Waals surface area contributed by atoms with Gasteiger partial charge in [0.2, 0.25) is 10.0 Å². The summed E-state index contributed by atoms with van der Waals surface area (Å²) in [6, 6.07) is -0.525. The molecule has 0 aromatic carbocycles. The second kappa shape index (κ2) is 7.97. The van der Waals surface area contributed by atoms with Crippen LogP contribution < -0.4 is 0 Å². The fraction of sp³-hybridized carbons (Fsp3) is 0.706. The van der Waals surface area contributed by atoms with E-state index in [0.717, 1.165) is 6.42 Å². The Labute approximate surface area is 158 Å². The van der Waals surface area contributed by atoms with Crippen molar-refractivity contribution in [1.29, 1.82) is 0 Å². The molecule has 0 unspecified atom stereocenters. The second-order valence-electron chi connectivity index (χ2n) is 6.77. The average molecular weight is 402 g/mol. The fourth-order valence-corrected chi connectivity index (χ4v) is 6.69. The molecule has 3 atom stereocenters. The Morgan fingerprint density at radius 1 is 1.41 bits per heavy atom. The van der Waals surface area contributed by atoms with Crippen LogP contribution in [0.3, 0.4) is 0 Å². The van der Waals surface area contributed by atoms with E-state index in [9.17, 15) is 13.2 Å². The highest BCUT2D eigenvalue weighted by atomic mass is 32.2. The molecule has 0 amide bonds. The fourth-order valence-electron chi connectivity index (χ4n) is 4.46. The molecule has 3 rings (SSSR count). The van der Waals surface area contributed by atoms with Crippen LogP contribution in [0, 0.1) is 19.3 Å². The van der Waals surface area contributed by atoms with Crippen molar-refractivity contribution in [3.05, 3.63) is 11.5 Å². The van der Waals surface area contributed by atoms with Crippen molar-refractivity contribution in [2.45, 2.75) is 70.4 Å². The van der Waals surface area contributed by atoms with E-state index < -0.39 is 15.4 Å². The van der Waals surface area contributed by atoms with E-state index in [0.29, 0.717) is 31.6 Å². The van der Waals surface area contributed by atoms with Crippen LogP contribution in [0.1, 0.15) is 51.0 Å². The van der Waals surface area contributed by atoms with Crippen LogP contribution in [0.25, 0.3) is 0 Å². The standard InChI is InChI=1S/C16H24N2O5S.CH2O2/c1-5-16(15(19)22-6-2)9-12-7-8-13(16)18(12)24(20,21)14-10(3)17-23-11(14)4;2-1-3/h12-13H,5-9H2,1-4H3;1H,(H,2,3)/t12-,13+,16+;/m1./s1. The molecule has 152 valence electrons. The molecule has 27 heavy (non-hydrogen) atoms. The smallest absolute Gasteiger partial charge is 0.313 e. The van der Waals surface area contributed by atoms with E-state index >= 15 is 0 Å². The van der Waals surface area contributed by atoms with E-state index in [2.05, 4.69) is 5.16 Å². The second-order valence-corrected chi connectivity index (χ2v) is 8.55. The van der Waals surface area contributed by atoms with Crippen molar-refractivity contribution in [3.63, 3.8) is 0 Å². The number of hydrogen-bond acceptors (Lipinski definition) is 7. The Morgan fingerprint density at radius 3 is 2.52 bits per heavy atom. The third kappa shape index (κ3) is 3.36. The molecule has 2 saturated heterocycles. The first-order valence-corrected chi connectivity index (χ1v) is 10.4. The highest BCUT2D eigenvalue weighted by Gasteiger charge is 2.63. The number of aromatic nitrogens is 1. The molecule has 0 aliphatic carbocycles. The van der Waals surface area contributed by atoms with Gasteiger partial charge in [0.1, 0.15) is 10.6 Å². The number of esters is 1. The van der Waals surface area contributed by atoms with Crippen LogP contribution in [-0.4, -0.2) is 54.1 Å². The summed E-state index contributed by atoms with van der Waals surface area (Å²) in [5.74, 6) is 0.00990. The number of hydrogen-bond donors (Lipinski definition) is 1. The summed E-state index contributed by atoms with van der Waals surface area (Å²) in [7, 11) is -3.75. The van der Waals surface area contributed by atoms with Gasteiger partial charge in [-0.2, -0.15) is 4.31 Å². The van der Waals surface area contributed by atoms with Crippen molar-refractivity contribution >= 4 is 22.5 Å². The number of carbonyl (C=O) groups excluding carboxylic acids is 1. The molecule has 1 aromatic heterocycles. The summed E-state index contributed by atoms with van der Waals surface area (Å²) in [6.45, 7) is 6.98. The van der Waals surface area contributed by atoms with Crippen molar-refractivity contribution in [3.8, 4) is 0 Å². The Balaban J connectivity index is 0.000000817. The van der Waals surface area contributed by atoms with Crippen LogP contribution in [0.2, 0.25) is 0 Å². The van der Waals surface area contributed by atoms with Gasteiger partial charge in [0.05, 0.1) is 12.0 Å². The lowest BCUT2D eigenvalue weighted by molar-refractivity contribution is -0.157. The quantitative estimate of drug-likeness (QED) is 0.584. The third-order valence-corrected chi connectivity index (χ3v) is 7.70. The summed E-state index contributed by atoms with van der Waals surface area (Å²) in [5, 5.41) is 10.7. The number of ether oxygens (including phenoxy) is 1. The SMILES string of the molecule is CCOC(=O)[C@@]1(CC)C[C@H]2CC[C@@H]1N2S(=O)(=O)c1c(C)noc1C.O=CO. The summed E-state index contributed by atoms with van der Waals surface area (Å²) >= 11 is 0. The van der Waals surface area contributed by atoms with Gasteiger partial charge in [0.15, 0.2) is 5.76 Å². The van der Waals surface area contributed by atoms with Gasteiger partial charge in [-0.3, -0.25) is 9.59 Å². The molecule has 10 heteroatoms. The van der Waals surface area contributed by atoms with Gasteiger partial charge in [0, 0.05) is 12.1 Å². The van der Waals surface area contributed by atoms with E-state index in [1.165, 1.54) is 4.31 Å². The predicted molar refractivity (Wildman–Crippen MR) is 94.5 cm³/mol. The number of sulfonamides is 1. The van der Waals surface area contributed by atoms with Gasteiger partial charge < -0.3 is 14.4 Å². The van der Waals surface area contributed by atoms with E-state index in [1.807, 2.05) is 6.92 Å². The molecule has 0 radical (unpaired) electrons. The predicted octanol–water partition coefficient (Wildman–Crippen LogP) is 1.88. The van der Waals surface area contributed by atoms with Gasteiger partial charge in [0.25, 0.3) is 6.47 Å². The number of carbonyl (C=O) groups is 2. The number of rotatable bonds is 5. The molecule has 0 spiro atoms. The van der Waals surface area contributed by atoms with Crippen LogP contribution in [-0.2, 0) is 24.3 Å². The van der Waals surface area contributed by atoms with Gasteiger partial charge >= 0.3 is 5.97 Å². The zero-order valence-corrected chi connectivity index (χ0v) is 16.8. The van der Waals surface area contributed by atoms with Crippen molar-refractivity contribution in [2.75, 3.05) is 6.61 Å². The maximum absolute atomic E-state index is 13.3. The van der Waals surface area contributed by atoms with Gasteiger partial charge in [-0.25, -0.2) is 8.42 Å². The molecular weight excluding hydrogens is 376 g/mol. The highest BCUT2D eigenvalue weighted by molar-refractivity contribution is 7.89. The number of fused-ring (bicyclic) bond motifs is 2. The number of aryl methyl sites for hydroxylation is 2. The van der Waals surface area contributed by atoms with E-state index in [4.69, 9.17) is 19.2 Å². The third-order valence-electron chi connectivity index (χ3n) is 5.49. The minimum Gasteiger partial charge on any atom is -0.483 e. The van der Waals surface area contributed by atoms with Crippen LogP contribution in [0.15, 0.2) is 9.42 Å². The largest absolute Gasteiger partial charge is 0.483 e. The summed E-state index contributed by atoms with van der Waals surface area (Å²) in [5.41, 5.74) is -0.387. The topological polar surface area (TPSA) is 127 Å². The molecule has 2 aliphatic rings. The molecule has 9 nitrogen and oxygen atoms in total. The Morgan fingerprint density at radius 2 is 2.04 bits per heavy atom. The first-order valence-electron chi connectivity index (χ1n) is 8.92. The molecule has 2 aliphatic heterocycles. The first kappa shape index (κ1) is 21.4. The van der Waals surface area contributed by atoms with Crippen molar-refractivity contribution in [2.24, 2.45) is 5.41 Å². The normalized spacial score (nSPS) is 27.1. The van der Waals surface area contributed by atoms with E-state index in [1.54, 1.807) is 20.8 Å². The average Bonchev–Trinajstić information content (AvgIpc) is 3.27. The minimum absolute atomic E-state index is 0.134. The lowest BCUT2D eigenvalue weighted by atomic mass is 9.72. The maximum Gasteiger partial charge on any atom is 0.313 e. The van der Waals surface area contributed by atoms with Gasteiger partial charge in [-0.1, -0.05) is 12.1 Å². The number of carboxylic acid groups (broad SMARTS) is 1. The molecular formula is C17H26N2O7S. The zero-order valence-electron chi connectivity index (χ0n) is 16.0. The summed E-state index contributed by atoms with van der Waals surface area (Å²) in [6.07, 6.45) is 2.55. The minimum atomic E-state index is -3.75. The van der Waals surface area contributed by atoms with Gasteiger partial charge in [-0.15, -0.1) is 0 Å². The van der Waals surface area contributed by atoms with Gasteiger partial charge in [-0.05, 0) is 46.5 Å². The molecule has 1 N–H and O–H groups in total. The summed E-state index contributed by atoms with van der Waals surface area (Å²) < 4.78 is 38.4. The van der Waals surface area contributed by atoms with E-state index in [-0.39, 0.29) is 35.2 Å². The Bertz CT molecular complexity index is 785. The molecule has 1 aromatic rings. The summed E-state index contributed by atoms with van der Waals surface area (Å²) in [4.78, 5) is 21.1.